The normalized spacial score (nSPS) is 24.3. The summed E-state index contributed by atoms with van der Waals surface area (Å²) in [6.45, 7) is 0.650. The number of methoxy groups -OCH3 is 1. The fourth-order valence-corrected chi connectivity index (χ4v) is 2.14. The summed E-state index contributed by atoms with van der Waals surface area (Å²) in [7, 11) is 1.41. The Hall–Kier alpha value is -1.35. The zero-order chi connectivity index (χ0) is 11.4. The monoisotopic (exact) mass is 220 g/mol. The first-order chi connectivity index (χ1) is 7.81. The van der Waals surface area contributed by atoms with Crippen molar-refractivity contribution in [2.45, 2.75) is 18.9 Å². The molecule has 1 aromatic carbocycles. The van der Waals surface area contributed by atoms with E-state index < -0.39 is 0 Å². The van der Waals surface area contributed by atoms with Crippen molar-refractivity contribution < 1.29 is 14.3 Å². The number of hydrogen-bond acceptors (Lipinski definition) is 3. The van der Waals surface area contributed by atoms with E-state index >= 15 is 0 Å². The molecule has 2 rings (SSSR count). The summed E-state index contributed by atoms with van der Waals surface area (Å²) in [5, 5.41) is 0. The molecule has 0 N–H and O–H groups in total. The summed E-state index contributed by atoms with van der Waals surface area (Å²) in [5.41, 5.74) is 1.24. The Morgan fingerprint density at radius 1 is 1.44 bits per heavy atom. The molecule has 1 aromatic rings. The molecule has 0 bridgehead atoms. The molecule has 0 aliphatic carbocycles. The maximum atomic E-state index is 11.5. The molecule has 16 heavy (non-hydrogen) atoms. The van der Waals surface area contributed by atoms with Gasteiger partial charge in [-0.25, -0.2) is 4.79 Å². The van der Waals surface area contributed by atoms with Crippen molar-refractivity contribution >= 4 is 5.97 Å². The van der Waals surface area contributed by atoms with Gasteiger partial charge < -0.3 is 9.47 Å². The lowest BCUT2D eigenvalue weighted by atomic mass is 9.93. The summed E-state index contributed by atoms with van der Waals surface area (Å²) < 4.78 is 10.2. The van der Waals surface area contributed by atoms with E-state index in [1.807, 2.05) is 18.2 Å². The van der Waals surface area contributed by atoms with E-state index in [4.69, 9.17) is 9.47 Å². The van der Waals surface area contributed by atoms with Crippen LogP contribution in [0.3, 0.4) is 0 Å². The molecular weight excluding hydrogens is 204 g/mol. The van der Waals surface area contributed by atoms with Crippen LogP contribution < -0.4 is 0 Å². The van der Waals surface area contributed by atoms with E-state index in [1.165, 1.54) is 12.7 Å². The van der Waals surface area contributed by atoms with Crippen LogP contribution in [-0.2, 0) is 20.7 Å². The van der Waals surface area contributed by atoms with Gasteiger partial charge in [0.25, 0.3) is 0 Å². The smallest absolute Gasteiger partial charge is 0.335 e. The molecular formula is C13H16O3. The van der Waals surface area contributed by atoms with Crippen molar-refractivity contribution in [1.82, 2.24) is 0 Å². The van der Waals surface area contributed by atoms with Crippen molar-refractivity contribution in [2.24, 2.45) is 5.92 Å². The van der Waals surface area contributed by atoms with Crippen LogP contribution in [0.25, 0.3) is 0 Å². The van der Waals surface area contributed by atoms with Crippen LogP contribution in [0.5, 0.6) is 0 Å². The molecule has 0 saturated carbocycles. The molecule has 0 spiro atoms. The zero-order valence-electron chi connectivity index (χ0n) is 9.39. The minimum absolute atomic E-state index is 0.245. The minimum atomic E-state index is -0.384. The first-order valence-corrected chi connectivity index (χ1v) is 5.54. The van der Waals surface area contributed by atoms with Crippen molar-refractivity contribution in [3.8, 4) is 0 Å². The second-order valence-electron chi connectivity index (χ2n) is 4.05. The quantitative estimate of drug-likeness (QED) is 0.729. The minimum Gasteiger partial charge on any atom is -0.467 e. The van der Waals surface area contributed by atoms with E-state index in [0.717, 1.165) is 12.8 Å². The fourth-order valence-electron chi connectivity index (χ4n) is 2.14. The second-order valence-corrected chi connectivity index (χ2v) is 4.05. The van der Waals surface area contributed by atoms with Gasteiger partial charge in [0.15, 0.2) is 6.10 Å². The third-order valence-electron chi connectivity index (χ3n) is 2.99. The second kappa shape index (κ2) is 5.12. The molecule has 0 unspecified atom stereocenters. The number of esters is 1. The maximum Gasteiger partial charge on any atom is 0.335 e. The molecule has 1 fully saturated rings. The number of hydrogen-bond donors (Lipinski definition) is 0. The van der Waals surface area contributed by atoms with Crippen LogP contribution >= 0.6 is 0 Å². The lowest BCUT2D eigenvalue weighted by Crippen LogP contribution is -2.29. The van der Waals surface area contributed by atoms with Crippen LogP contribution in [0.1, 0.15) is 12.0 Å². The van der Waals surface area contributed by atoms with E-state index in [-0.39, 0.29) is 18.0 Å². The van der Waals surface area contributed by atoms with Gasteiger partial charge in [0.1, 0.15) is 0 Å². The van der Waals surface area contributed by atoms with Gasteiger partial charge in [-0.05, 0) is 18.4 Å². The van der Waals surface area contributed by atoms with Gasteiger partial charge in [-0.3, -0.25) is 0 Å². The van der Waals surface area contributed by atoms with Gasteiger partial charge in [-0.2, -0.15) is 0 Å². The van der Waals surface area contributed by atoms with Crippen LogP contribution in [0, 0.1) is 5.92 Å². The summed E-state index contributed by atoms with van der Waals surface area (Å²) >= 11 is 0. The Morgan fingerprint density at radius 3 is 2.88 bits per heavy atom. The largest absolute Gasteiger partial charge is 0.467 e. The SMILES string of the molecule is COC(=O)[C@H]1OCC[C@H]1Cc1ccccc1. The summed E-state index contributed by atoms with van der Waals surface area (Å²) in [6.07, 6.45) is 1.42. The molecule has 86 valence electrons. The Bertz CT molecular complexity index is 347. The first-order valence-electron chi connectivity index (χ1n) is 5.54. The van der Waals surface area contributed by atoms with Gasteiger partial charge >= 0.3 is 5.97 Å². The van der Waals surface area contributed by atoms with Gasteiger partial charge in [0.05, 0.1) is 7.11 Å². The van der Waals surface area contributed by atoms with Gasteiger partial charge in [-0.1, -0.05) is 30.3 Å². The van der Waals surface area contributed by atoms with Crippen LogP contribution in [0.2, 0.25) is 0 Å². The topological polar surface area (TPSA) is 35.5 Å². The third-order valence-corrected chi connectivity index (χ3v) is 2.99. The van der Waals surface area contributed by atoms with Crippen molar-refractivity contribution in [3.63, 3.8) is 0 Å². The van der Waals surface area contributed by atoms with Gasteiger partial charge in [0.2, 0.25) is 0 Å². The molecule has 3 nitrogen and oxygen atoms in total. The Labute approximate surface area is 95.4 Å². The lowest BCUT2D eigenvalue weighted by Gasteiger charge is -2.15. The molecule has 0 amide bonds. The molecule has 1 aliphatic rings. The predicted molar refractivity (Wildman–Crippen MR) is 60.0 cm³/mol. The predicted octanol–water partition coefficient (Wildman–Crippen LogP) is 1.81. The first kappa shape index (κ1) is 11.1. The molecule has 1 aliphatic heterocycles. The number of carbonyl (C=O) groups excluding carboxylic acids is 1. The highest BCUT2D eigenvalue weighted by atomic mass is 16.6. The maximum absolute atomic E-state index is 11.5. The Morgan fingerprint density at radius 2 is 2.19 bits per heavy atom. The molecule has 1 saturated heterocycles. The van der Waals surface area contributed by atoms with Crippen LogP contribution in [0.15, 0.2) is 30.3 Å². The number of rotatable bonds is 3. The summed E-state index contributed by atoms with van der Waals surface area (Å²) in [4.78, 5) is 11.5. The van der Waals surface area contributed by atoms with E-state index in [2.05, 4.69) is 12.1 Å². The van der Waals surface area contributed by atoms with E-state index in [0.29, 0.717) is 6.61 Å². The van der Waals surface area contributed by atoms with Gasteiger partial charge in [-0.15, -0.1) is 0 Å². The molecule has 1 heterocycles. The Kier molecular flexibility index (Phi) is 3.57. The highest BCUT2D eigenvalue weighted by molar-refractivity contribution is 5.75. The number of ether oxygens (including phenoxy) is 2. The van der Waals surface area contributed by atoms with Crippen molar-refractivity contribution in [3.05, 3.63) is 35.9 Å². The third kappa shape index (κ3) is 2.42. The summed E-state index contributed by atoms with van der Waals surface area (Å²) in [5.74, 6) is -0.00622. The van der Waals surface area contributed by atoms with E-state index in [9.17, 15) is 4.79 Å². The highest BCUT2D eigenvalue weighted by Crippen LogP contribution is 2.25. The lowest BCUT2D eigenvalue weighted by molar-refractivity contribution is -0.152. The van der Waals surface area contributed by atoms with Gasteiger partial charge in [0, 0.05) is 12.5 Å². The van der Waals surface area contributed by atoms with E-state index in [1.54, 1.807) is 0 Å². The van der Waals surface area contributed by atoms with Crippen molar-refractivity contribution in [2.75, 3.05) is 13.7 Å². The average molecular weight is 220 g/mol. The average Bonchev–Trinajstić information content (AvgIpc) is 2.77. The highest BCUT2D eigenvalue weighted by Gasteiger charge is 2.34. The number of benzene rings is 1. The molecule has 0 aromatic heterocycles. The molecule has 0 radical (unpaired) electrons. The van der Waals surface area contributed by atoms with Crippen LogP contribution in [0.4, 0.5) is 0 Å². The fraction of sp³-hybridized carbons (Fsp3) is 0.462. The van der Waals surface area contributed by atoms with Crippen LogP contribution in [-0.4, -0.2) is 25.8 Å². The summed E-state index contributed by atoms with van der Waals surface area (Å²) in [6, 6.07) is 10.2. The Balaban J connectivity index is 2.01. The standard InChI is InChI=1S/C13H16O3/c1-15-13(14)12-11(7-8-16-12)9-10-5-3-2-4-6-10/h2-6,11-12H,7-9H2,1H3/t11-,12-/m0/s1. The van der Waals surface area contributed by atoms with Crippen molar-refractivity contribution in [1.29, 1.82) is 0 Å². The molecule has 2 atom stereocenters. The number of carbonyl (C=O) groups is 1. The molecule has 3 heteroatoms. The zero-order valence-corrected chi connectivity index (χ0v) is 9.39.